The zero-order valence-electron chi connectivity index (χ0n) is 7.36. The Hall–Kier alpha value is -1.70. The van der Waals surface area contributed by atoms with E-state index in [1.165, 1.54) is 0 Å². The molecule has 0 aliphatic carbocycles. The number of hydrogen-bond donors (Lipinski definition) is 0. The first-order chi connectivity index (χ1) is 6.33. The van der Waals surface area contributed by atoms with Crippen molar-refractivity contribution in [2.24, 2.45) is 0 Å². The lowest BCUT2D eigenvalue weighted by atomic mass is 10.3. The van der Waals surface area contributed by atoms with E-state index >= 15 is 0 Å². The maximum Gasteiger partial charge on any atom is 0.193 e. The monoisotopic (exact) mass is 173 g/mol. The predicted molar refractivity (Wildman–Crippen MR) is 53.8 cm³/mol. The molecule has 0 radical (unpaired) electrons. The molecule has 0 spiro atoms. The number of rotatable bonds is 2. The molecule has 1 aliphatic rings. The van der Waals surface area contributed by atoms with Crippen LogP contribution < -0.4 is 9.64 Å². The molecule has 13 heavy (non-hydrogen) atoms. The van der Waals surface area contributed by atoms with Crippen molar-refractivity contribution in [2.75, 3.05) is 11.4 Å². The lowest BCUT2D eigenvalue weighted by molar-refractivity contribution is 0.444. The quantitative estimate of drug-likeness (QED) is 0.637. The predicted octanol–water partition coefficient (Wildman–Crippen LogP) is 2.54. The largest absolute Gasteiger partial charge is 0.439 e. The van der Waals surface area contributed by atoms with E-state index in [-0.39, 0.29) is 0 Å². The van der Waals surface area contributed by atoms with Crippen LogP contribution in [-0.2, 0) is 0 Å². The maximum atomic E-state index is 5.46. The molecule has 1 aromatic carbocycles. The first kappa shape index (κ1) is 7.92. The van der Waals surface area contributed by atoms with Crippen LogP contribution >= 0.6 is 0 Å². The van der Waals surface area contributed by atoms with Gasteiger partial charge in [0.05, 0.1) is 5.69 Å². The number of para-hydroxylation sites is 2. The highest BCUT2D eigenvalue weighted by Gasteiger charge is 2.22. The van der Waals surface area contributed by atoms with Gasteiger partial charge in [-0.1, -0.05) is 18.2 Å². The van der Waals surface area contributed by atoms with E-state index in [1.54, 1.807) is 0 Å². The number of benzene rings is 1. The van der Waals surface area contributed by atoms with Crippen LogP contribution in [0.1, 0.15) is 0 Å². The number of anilines is 1. The summed E-state index contributed by atoms with van der Waals surface area (Å²) in [6, 6.07) is 7.88. The van der Waals surface area contributed by atoms with Crippen LogP contribution in [0, 0.1) is 0 Å². The van der Waals surface area contributed by atoms with E-state index in [1.807, 2.05) is 35.2 Å². The fourth-order valence-corrected chi connectivity index (χ4v) is 1.41. The normalized spacial score (nSPS) is 13.8. The van der Waals surface area contributed by atoms with Gasteiger partial charge in [-0.3, -0.25) is 0 Å². The minimum absolute atomic E-state index is 0.668. The zero-order valence-corrected chi connectivity index (χ0v) is 7.36. The zero-order chi connectivity index (χ0) is 9.26. The fraction of sp³-hybridized carbons (Fsp3) is 0.0909. The molecule has 1 heterocycles. The Kier molecular flexibility index (Phi) is 1.81. The van der Waals surface area contributed by atoms with Crippen LogP contribution in [0.15, 0.2) is 49.4 Å². The lowest BCUT2D eigenvalue weighted by Crippen LogP contribution is -2.18. The van der Waals surface area contributed by atoms with Gasteiger partial charge in [0.15, 0.2) is 11.6 Å². The minimum Gasteiger partial charge on any atom is -0.439 e. The molecule has 66 valence electrons. The summed E-state index contributed by atoms with van der Waals surface area (Å²) in [5.41, 5.74) is 1.06. The topological polar surface area (TPSA) is 12.5 Å². The molecular formula is C11H11NO. The third-order valence-electron chi connectivity index (χ3n) is 2.00. The van der Waals surface area contributed by atoms with Gasteiger partial charge in [-0.15, -0.1) is 6.58 Å². The van der Waals surface area contributed by atoms with E-state index < -0.39 is 0 Å². The van der Waals surface area contributed by atoms with Gasteiger partial charge < -0.3 is 9.64 Å². The Balaban J connectivity index is 2.40. The summed E-state index contributed by atoms with van der Waals surface area (Å²) in [5, 5.41) is 0. The van der Waals surface area contributed by atoms with Crippen LogP contribution in [0.3, 0.4) is 0 Å². The molecule has 0 amide bonds. The van der Waals surface area contributed by atoms with Crippen molar-refractivity contribution in [3.8, 4) is 5.75 Å². The fourth-order valence-electron chi connectivity index (χ4n) is 1.41. The van der Waals surface area contributed by atoms with E-state index in [9.17, 15) is 0 Å². The molecule has 0 saturated carbocycles. The van der Waals surface area contributed by atoms with Crippen LogP contribution in [0.25, 0.3) is 0 Å². The number of nitrogens with zero attached hydrogens (tertiary/aromatic N) is 1. The molecule has 2 nitrogen and oxygen atoms in total. The molecule has 0 bridgehead atoms. The Morgan fingerprint density at radius 1 is 1.38 bits per heavy atom. The molecule has 0 aromatic heterocycles. The van der Waals surface area contributed by atoms with Crippen LogP contribution in [0.4, 0.5) is 5.69 Å². The van der Waals surface area contributed by atoms with Crippen molar-refractivity contribution < 1.29 is 4.74 Å². The molecule has 2 rings (SSSR count). The van der Waals surface area contributed by atoms with E-state index in [4.69, 9.17) is 4.74 Å². The molecule has 0 saturated heterocycles. The molecule has 0 unspecified atom stereocenters. The van der Waals surface area contributed by atoms with Gasteiger partial charge in [0, 0.05) is 6.54 Å². The highest BCUT2D eigenvalue weighted by molar-refractivity contribution is 5.66. The summed E-state index contributed by atoms with van der Waals surface area (Å²) in [6.45, 7) is 8.25. The second kappa shape index (κ2) is 2.98. The first-order valence-electron chi connectivity index (χ1n) is 4.17. The van der Waals surface area contributed by atoms with Gasteiger partial charge in [0.2, 0.25) is 0 Å². The van der Waals surface area contributed by atoms with Gasteiger partial charge in [-0.05, 0) is 18.7 Å². The summed E-state index contributed by atoms with van der Waals surface area (Å²) in [6.07, 6.45) is 1.83. The Morgan fingerprint density at radius 3 is 2.92 bits per heavy atom. The van der Waals surface area contributed by atoms with Gasteiger partial charge in [-0.25, -0.2) is 0 Å². The van der Waals surface area contributed by atoms with Crippen LogP contribution in [0.2, 0.25) is 0 Å². The van der Waals surface area contributed by atoms with Crippen molar-refractivity contribution in [1.29, 1.82) is 0 Å². The third kappa shape index (κ3) is 1.20. The first-order valence-corrected chi connectivity index (χ1v) is 4.17. The van der Waals surface area contributed by atoms with Crippen molar-refractivity contribution in [2.45, 2.75) is 0 Å². The average molecular weight is 173 g/mol. The van der Waals surface area contributed by atoms with E-state index in [2.05, 4.69) is 13.2 Å². The number of ether oxygens (including phenoxy) is 1. The Bertz CT molecular complexity index is 357. The van der Waals surface area contributed by atoms with Crippen molar-refractivity contribution in [3.05, 3.63) is 49.4 Å². The summed E-state index contributed by atoms with van der Waals surface area (Å²) in [7, 11) is 0. The summed E-state index contributed by atoms with van der Waals surface area (Å²) in [5.74, 6) is 1.54. The second-order valence-corrected chi connectivity index (χ2v) is 2.86. The van der Waals surface area contributed by atoms with Gasteiger partial charge >= 0.3 is 0 Å². The SMILES string of the molecule is C=CCN1C(=C)Oc2ccccc21. The molecule has 0 fully saturated rings. The molecule has 2 heteroatoms. The van der Waals surface area contributed by atoms with Crippen molar-refractivity contribution in [1.82, 2.24) is 0 Å². The Morgan fingerprint density at radius 2 is 2.15 bits per heavy atom. The van der Waals surface area contributed by atoms with Crippen LogP contribution in [-0.4, -0.2) is 6.54 Å². The van der Waals surface area contributed by atoms with Gasteiger partial charge in [0.1, 0.15) is 0 Å². The molecular weight excluding hydrogens is 162 g/mol. The summed E-state index contributed by atoms with van der Waals surface area (Å²) >= 11 is 0. The standard InChI is InChI=1S/C11H11NO/c1-3-8-12-9(2)13-11-7-5-4-6-10(11)12/h3-7H,1-2,8H2. The molecule has 0 N–H and O–H groups in total. The summed E-state index contributed by atoms with van der Waals surface area (Å²) in [4.78, 5) is 1.99. The number of fused-ring (bicyclic) bond motifs is 1. The average Bonchev–Trinajstić information content (AvgIpc) is 2.44. The molecule has 0 atom stereocenters. The number of hydrogen-bond acceptors (Lipinski definition) is 2. The smallest absolute Gasteiger partial charge is 0.193 e. The highest BCUT2D eigenvalue weighted by atomic mass is 16.5. The minimum atomic E-state index is 0.668. The Labute approximate surface area is 77.7 Å². The van der Waals surface area contributed by atoms with Gasteiger partial charge in [-0.2, -0.15) is 0 Å². The summed E-state index contributed by atoms with van der Waals surface area (Å²) < 4.78 is 5.46. The molecule has 1 aromatic rings. The van der Waals surface area contributed by atoms with Gasteiger partial charge in [0.25, 0.3) is 0 Å². The third-order valence-corrected chi connectivity index (χ3v) is 2.00. The maximum absolute atomic E-state index is 5.46. The van der Waals surface area contributed by atoms with Crippen molar-refractivity contribution in [3.63, 3.8) is 0 Å². The van der Waals surface area contributed by atoms with Crippen LogP contribution in [0.5, 0.6) is 5.75 Å². The van der Waals surface area contributed by atoms with E-state index in [0.29, 0.717) is 5.88 Å². The lowest BCUT2D eigenvalue weighted by Gasteiger charge is -2.14. The van der Waals surface area contributed by atoms with E-state index in [0.717, 1.165) is 18.0 Å². The van der Waals surface area contributed by atoms with Crippen molar-refractivity contribution >= 4 is 5.69 Å². The molecule has 1 aliphatic heterocycles. The highest BCUT2D eigenvalue weighted by Crippen LogP contribution is 2.37. The second-order valence-electron chi connectivity index (χ2n) is 2.86.